The van der Waals surface area contributed by atoms with Crippen LogP contribution in [0.5, 0.6) is 11.5 Å². The normalized spacial score (nSPS) is 18.1. The van der Waals surface area contributed by atoms with E-state index in [0.29, 0.717) is 41.4 Å². The number of methoxy groups -OCH3 is 1. The zero-order valence-electron chi connectivity index (χ0n) is 16.4. The van der Waals surface area contributed by atoms with Gasteiger partial charge in [0.1, 0.15) is 17.5 Å². The largest absolute Gasteiger partial charge is 0.497 e. The minimum Gasteiger partial charge on any atom is -0.497 e. The third kappa shape index (κ3) is 4.29. The third-order valence-electron chi connectivity index (χ3n) is 5.50. The molecule has 2 saturated carbocycles. The monoisotopic (exact) mass is 385 g/mol. The molecule has 2 aromatic rings. The van der Waals surface area contributed by atoms with Gasteiger partial charge >= 0.3 is 0 Å². The van der Waals surface area contributed by atoms with Crippen molar-refractivity contribution in [3.63, 3.8) is 0 Å². The van der Waals surface area contributed by atoms with Gasteiger partial charge in [-0.15, -0.1) is 0 Å². The number of rotatable bonds is 8. The Balaban J connectivity index is 1.44. The van der Waals surface area contributed by atoms with E-state index in [1.807, 2.05) is 6.92 Å². The van der Waals surface area contributed by atoms with Gasteiger partial charge < -0.3 is 19.3 Å². The second-order valence-corrected chi connectivity index (χ2v) is 7.78. The van der Waals surface area contributed by atoms with Gasteiger partial charge in [0.15, 0.2) is 5.82 Å². The van der Waals surface area contributed by atoms with Crippen molar-refractivity contribution in [3.05, 3.63) is 35.5 Å². The summed E-state index contributed by atoms with van der Waals surface area (Å²) in [6.07, 6.45) is 7.00. The van der Waals surface area contributed by atoms with Gasteiger partial charge in [-0.3, -0.25) is 4.79 Å². The highest BCUT2D eigenvalue weighted by Crippen LogP contribution is 2.33. The molecule has 1 atom stereocenters. The summed E-state index contributed by atoms with van der Waals surface area (Å²) in [4.78, 5) is 17.4. The molecule has 7 nitrogen and oxygen atoms in total. The number of carbonyl (C=O) groups excluding carboxylic acids is 1. The fourth-order valence-electron chi connectivity index (χ4n) is 3.54. The zero-order chi connectivity index (χ0) is 19.5. The highest BCUT2D eigenvalue weighted by atomic mass is 16.5. The summed E-state index contributed by atoms with van der Waals surface area (Å²) in [5.41, 5.74) is 0.476. The molecule has 1 aromatic heterocycles. The summed E-state index contributed by atoms with van der Waals surface area (Å²) < 4.78 is 16.6. The van der Waals surface area contributed by atoms with Crippen LogP contribution in [0.4, 0.5) is 0 Å². The minimum atomic E-state index is -0.381. The smallest absolute Gasteiger partial charge is 0.255 e. The van der Waals surface area contributed by atoms with E-state index in [4.69, 9.17) is 14.0 Å². The van der Waals surface area contributed by atoms with Crippen molar-refractivity contribution in [2.45, 2.75) is 57.4 Å². The first-order valence-corrected chi connectivity index (χ1v) is 10.1. The molecule has 0 bridgehead atoms. The van der Waals surface area contributed by atoms with Crippen molar-refractivity contribution in [3.8, 4) is 11.5 Å². The Hall–Kier alpha value is -2.57. The van der Waals surface area contributed by atoms with E-state index in [1.54, 1.807) is 25.3 Å². The van der Waals surface area contributed by atoms with E-state index < -0.39 is 0 Å². The van der Waals surface area contributed by atoms with Crippen LogP contribution in [0.15, 0.2) is 22.7 Å². The van der Waals surface area contributed by atoms with Gasteiger partial charge in [-0.2, -0.15) is 4.98 Å². The fraction of sp³-hybridized carbons (Fsp3) is 0.571. The lowest BCUT2D eigenvalue weighted by molar-refractivity contribution is 0.0928. The molecule has 1 heterocycles. The van der Waals surface area contributed by atoms with Crippen LogP contribution in [0.2, 0.25) is 0 Å². The molecule has 0 radical (unpaired) electrons. The number of hydrogen-bond donors (Lipinski definition) is 1. The first-order valence-electron chi connectivity index (χ1n) is 10.1. The van der Waals surface area contributed by atoms with Gasteiger partial charge in [-0.05, 0) is 50.7 Å². The van der Waals surface area contributed by atoms with Gasteiger partial charge in [-0.1, -0.05) is 18.0 Å². The Morgan fingerprint density at radius 1 is 1.29 bits per heavy atom. The molecular weight excluding hydrogens is 358 g/mol. The number of ether oxygens (including phenoxy) is 2. The molecule has 2 aliphatic carbocycles. The lowest BCUT2D eigenvalue weighted by atomic mass is 10.1. The molecule has 2 aliphatic rings. The van der Waals surface area contributed by atoms with Crippen molar-refractivity contribution in [2.75, 3.05) is 13.7 Å². The van der Waals surface area contributed by atoms with Gasteiger partial charge in [0, 0.05) is 12.0 Å². The molecule has 150 valence electrons. The maximum Gasteiger partial charge on any atom is 0.255 e. The van der Waals surface area contributed by atoms with Crippen LogP contribution >= 0.6 is 0 Å². The van der Waals surface area contributed by atoms with E-state index in [0.717, 1.165) is 18.7 Å². The highest BCUT2D eigenvalue weighted by molar-refractivity contribution is 5.97. The molecule has 2 fully saturated rings. The molecule has 0 spiro atoms. The first-order chi connectivity index (χ1) is 13.6. The van der Waals surface area contributed by atoms with Gasteiger partial charge in [0.25, 0.3) is 5.91 Å². The number of aromatic nitrogens is 2. The average molecular weight is 385 g/mol. The van der Waals surface area contributed by atoms with Crippen molar-refractivity contribution in [1.29, 1.82) is 0 Å². The maximum absolute atomic E-state index is 12.9. The third-order valence-corrected chi connectivity index (χ3v) is 5.50. The van der Waals surface area contributed by atoms with Crippen LogP contribution in [-0.4, -0.2) is 29.8 Å². The maximum atomic E-state index is 12.9. The van der Waals surface area contributed by atoms with Crippen LogP contribution in [0.3, 0.4) is 0 Å². The molecule has 0 aliphatic heterocycles. The molecule has 1 aromatic carbocycles. The van der Waals surface area contributed by atoms with Crippen LogP contribution in [0.25, 0.3) is 0 Å². The predicted octanol–water partition coefficient (Wildman–Crippen LogP) is 4.02. The fourth-order valence-corrected chi connectivity index (χ4v) is 3.54. The Bertz CT molecular complexity index is 825. The summed E-state index contributed by atoms with van der Waals surface area (Å²) in [6, 6.07) is 4.86. The van der Waals surface area contributed by atoms with Gasteiger partial charge in [0.2, 0.25) is 5.89 Å². The summed E-state index contributed by atoms with van der Waals surface area (Å²) in [5, 5.41) is 7.06. The Morgan fingerprint density at radius 3 is 2.79 bits per heavy atom. The lowest BCUT2D eigenvalue weighted by Crippen LogP contribution is -2.27. The number of amides is 1. The summed E-state index contributed by atoms with van der Waals surface area (Å²) >= 11 is 0. The van der Waals surface area contributed by atoms with Crippen LogP contribution in [-0.2, 0) is 0 Å². The van der Waals surface area contributed by atoms with Gasteiger partial charge in [0.05, 0.1) is 19.3 Å². The molecule has 4 rings (SSSR count). The number of benzene rings is 1. The Kier molecular flexibility index (Phi) is 5.50. The summed E-state index contributed by atoms with van der Waals surface area (Å²) in [5.74, 6) is 3.12. The molecule has 28 heavy (non-hydrogen) atoms. The van der Waals surface area contributed by atoms with E-state index in [1.165, 1.54) is 25.7 Å². The quantitative estimate of drug-likeness (QED) is 0.739. The topological polar surface area (TPSA) is 86.5 Å². The number of carbonyl (C=O) groups is 1. The van der Waals surface area contributed by atoms with Crippen molar-refractivity contribution < 1.29 is 18.8 Å². The van der Waals surface area contributed by atoms with Crippen LogP contribution in [0, 0.1) is 5.92 Å². The van der Waals surface area contributed by atoms with Crippen molar-refractivity contribution in [1.82, 2.24) is 15.5 Å². The highest BCUT2D eigenvalue weighted by Gasteiger charge is 2.26. The van der Waals surface area contributed by atoms with Crippen LogP contribution in [0.1, 0.15) is 79.5 Å². The average Bonchev–Trinajstić information content (AvgIpc) is 3.17. The standard InChI is InChI=1S/C21H27N3O4/c1-13(21-23-19(24-28-21)15-5-3-4-6-15)22-20(25)17-10-9-16(26-2)11-18(17)27-12-14-7-8-14/h9-11,13-15H,3-8,12H2,1-2H3,(H,22,25). The second-order valence-electron chi connectivity index (χ2n) is 7.78. The molecule has 1 unspecified atom stereocenters. The minimum absolute atomic E-state index is 0.235. The zero-order valence-corrected chi connectivity index (χ0v) is 16.4. The van der Waals surface area contributed by atoms with Crippen molar-refractivity contribution >= 4 is 5.91 Å². The predicted molar refractivity (Wildman–Crippen MR) is 103 cm³/mol. The Morgan fingerprint density at radius 2 is 2.07 bits per heavy atom. The SMILES string of the molecule is COc1ccc(C(=O)NC(C)c2nc(C3CCCC3)no2)c(OCC2CC2)c1. The van der Waals surface area contributed by atoms with E-state index in [2.05, 4.69) is 15.5 Å². The molecular formula is C21H27N3O4. The molecule has 0 saturated heterocycles. The van der Waals surface area contributed by atoms with E-state index in [-0.39, 0.29) is 11.9 Å². The van der Waals surface area contributed by atoms with Crippen molar-refractivity contribution in [2.24, 2.45) is 5.92 Å². The number of nitrogens with one attached hydrogen (secondary N) is 1. The van der Waals surface area contributed by atoms with Gasteiger partial charge in [-0.25, -0.2) is 0 Å². The summed E-state index contributed by atoms with van der Waals surface area (Å²) in [6.45, 7) is 2.47. The van der Waals surface area contributed by atoms with E-state index in [9.17, 15) is 4.79 Å². The first kappa shape index (κ1) is 18.8. The molecule has 7 heteroatoms. The molecule has 1 amide bonds. The Labute approximate surface area is 164 Å². The molecule has 1 N–H and O–H groups in total. The van der Waals surface area contributed by atoms with Crippen LogP contribution < -0.4 is 14.8 Å². The number of hydrogen-bond acceptors (Lipinski definition) is 6. The second kappa shape index (κ2) is 8.20. The summed E-state index contributed by atoms with van der Waals surface area (Å²) in [7, 11) is 1.60. The number of nitrogens with zero attached hydrogens (tertiary/aromatic N) is 2. The lowest BCUT2D eigenvalue weighted by Gasteiger charge is -2.15. The van der Waals surface area contributed by atoms with E-state index >= 15 is 0 Å².